The molecule has 0 aromatic heterocycles. The van der Waals surface area contributed by atoms with Crippen molar-refractivity contribution in [3.63, 3.8) is 0 Å². The molecule has 0 radical (unpaired) electrons. The van der Waals surface area contributed by atoms with Crippen LogP contribution in [0, 0.1) is 5.82 Å². The van der Waals surface area contributed by atoms with E-state index in [4.69, 9.17) is 11.6 Å². The topological polar surface area (TPSA) is 95.5 Å². The fourth-order valence-corrected chi connectivity index (χ4v) is 3.08. The van der Waals surface area contributed by atoms with E-state index >= 15 is 0 Å². The van der Waals surface area contributed by atoms with Crippen LogP contribution >= 0.6 is 11.6 Å². The van der Waals surface area contributed by atoms with Crippen molar-refractivity contribution in [1.82, 2.24) is 0 Å². The highest BCUT2D eigenvalue weighted by atomic mass is 35.5. The first kappa shape index (κ1) is 22.0. The molecule has 2 amide bonds. The van der Waals surface area contributed by atoms with Crippen LogP contribution in [0.25, 0.3) is 0 Å². The summed E-state index contributed by atoms with van der Waals surface area (Å²) in [5.74, 6) is -3.92. The van der Waals surface area contributed by atoms with Gasteiger partial charge in [0.05, 0.1) is 17.2 Å². The zero-order chi connectivity index (χ0) is 22.4. The summed E-state index contributed by atoms with van der Waals surface area (Å²) in [4.78, 5) is 36.8. The third kappa shape index (κ3) is 5.90. The molecule has 3 N–H and O–H groups in total. The molecule has 0 saturated heterocycles. The van der Waals surface area contributed by atoms with Crippen molar-refractivity contribution in [1.29, 1.82) is 0 Å². The maximum absolute atomic E-state index is 13.1. The largest absolute Gasteiger partial charge is 0.481 e. The highest BCUT2D eigenvalue weighted by Gasteiger charge is 2.24. The number of amides is 2. The molecule has 0 aliphatic carbocycles. The minimum atomic E-state index is -1.21. The lowest BCUT2D eigenvalue weighted by Crippen LogP contribution is -2.22. The van der Waals surface area contributed by atoms with Crippen LogP contribution in [0.15, 0.2) is 72.8 Å². The fraction of sp³-hybridized carbons (Fsp3) is 0.0870. The minimum absolute atomic E-state index is 0.208. The molecule has 31 heavy (non-hydrogen) atoms. The standard InChI is InChI=1S/C23H18ClFN2O4/c24-15-7-11-17(12-8-15)26-22(29)18-3-1-2-4-20(18)27-21(28)13-19(23(30)31)14-5-9-16(25)10-6-14/h1-12,19H,13H2,(H,26,29)(H,27,28)(H,30,31). The van der Waals surface area contributed by atoms with Gasteiger partial charge in [-0.25, -0.2) is 4.39 Å². The summed E-state index contributed by atoms with van der Waals surface area (Å²) in [6.07, 6.45) is -0.381. The maximum atomic E-state index is 13.1. The number of hydrogen-bond donors (Lipinski definition) is 3. The van der Waals surface area contributed by atoms with Crippen LogP contribution in [-0.4, -0.2) is 22.9 Å². The van der Waals surface area contributed by atoms with Crippen LogP contribution in [0.5, 0.6) is 0 Å². The van der Waals surface area contributed by atoms with Crippen LogP contribution in [-0.2, 0) is 9.59 Å². The second kappa shape index (κ2) is 9.86. The number of carboxylic acid groups (broad SMARTS) is 1. The van der Waals surface area contributed by atoms with Crippen molar-refractivity contribution in [3.05, 3.63) is 94.8 Å². The molecule has 3 rings (SSSR count). The molecule has 0 heterocycles. The van der Waals surface area contributed by atoms with Crippen molar-refractivity contribution >= 4 is 40.8 Å². The van der Waals surface area contributed by atoms with Crippen molar-refractivity contribution in [2.45, 2.75) is 12.3 Å². The molecule has 1 unspecified atom stereocenters. The first-order valence-corrected chi connectivity index (χ1v) is 9.65. The average Bonchev–Trinajstić information content (AvgIpc) is 2.74. The number of anilines is 2. The maximum Gasteiger partial charge on any atom is 0.311 e. The lowest BCUT2D eigenvalue weighted by Gasteiger charge is -2.15. The van der Waals surface area contributed by atoms with E-state index in [9.17, 15) is 23.9 Å². The predicted octanol–water partition coefficient (Wildman–Crippen LogP) is 4.93. The molecule has 3 aromatic carbocycles. The van der Waals surface area contributed by atoms with Gasteiger partial charge in [0.1, 0.15) is 5.82 Å². The summed E-state index contributed by atoms with van der Waals surface area (Å²) in [6, 6.07) is 17.8. The van der Waals surface area contributed by atoms with Gasteiger partial charge in [0.2, 0.25) is 5.91 Å². The lowest BCUT2D eigenvalue weighted by atomic mass is 9.95. The summed E-state index contributed by atoms with van der Waals surface area (Å²) < 4.78 is 13.1. The Balaban J connectivity index is 1.73. The van der Waals surface area contributed by atoms with Crippen molar-refractivity contribution in [2.75, 3.05) is 10.6 Å². The van der Waals surface area contributed by atoms with E-state index in [1.54, 1.807) is 42.5 Å². The molecule has 0 saturated carbocycles. The third-order valence-electron chi connectivity index (χ3n) is 4.51. The molecule has 8 heteroatoms. The Hall–Kier alpha value is -3.71. The number of para-hydroxylation sites is 1. The van der Waals surface area contributed by atoms with E-state index in [1.165, 1.54) is 18.2 Å². The van der Waals surface area contributed by atoms with E-state index in [2.05, 4.69) is 10.6 Å². The predicted molar refractivity (Wildman–Crippen MR) is 116 cm³/mol. The number of rotatable bonds is 7. The number of carboxylic acids is 1. The summed E-state index contributed by atoms with van der Waals surface area (Å²) in [7, 11) is 0. The van der Waals surface area contributed by atoms with Crippen molar-refractivity contribution < 1.29 is 23.9 Å². The Labute approximate surface area is 182 Å². The van der Waals surface area contributed by atoms with Gasteiger partial charge in [-0.2, -0.15) is 0 Å². The SMILES string of the molecule is O=C(CC(C(=O)O)c1ccc(F)cc1)Nc1ccccc1C(=O)Nc1ccc(Cl)cc1. The first-order chi connectivity index (χ1) is 14.8. The van der Waals surface area contributed by atoms with Crippen LogP contribution in [0.4, 0.5) is 15.8 Å². The molecule has 0 aliphatic heterocycles. The number of nitrogens with one attached hydrogen (secondary N) is 2. The number of halogens is 2. The van der Waals surface area contributed by atoms with Crippen molar-refractivity contribution in [3.8, 4) is 0 Å². The monoisotopic (exact) mass is 440 g/mol. The Kier molecular flexibility index (Phi) is 6.99. The van der Waals surface area contributed by atoms with E-state index < -0.39 is 29.5 Å². The Morgan fingerprint density at radius 3 is 2.19 bits per heavy atom. The lowest BCUT2D eigenvalue weighted by molar-refractivity contribution is -0.140. The fourth-order valence-electron chi connectivity index (χ4n) is 2.95. The van der Waals surface area contributed by atoms with Crippen LogP contribution < -0.4 is 10.6 Å². The van der Waals surface area contributed by atoms with Gasteiger partial charge in [0, 0.05) is 17.1 Å². The molecule has 1 atom stereocenters. The number of aliphatic carboxylic acids is 1. The van der Waals surface area contributed by atoms with E-state index in [0.29, 0.717) is 16.3 Å². The Bertz CT molecular complexity index is 1100. The highest BCUT2D eigenvalue weighted by molar-refractivity contribution is 6.30. The minimum Gasteiger partial charge on any atom is -0.481 e. The summed E-state index contributed by atoms with van der Waals surface area (Å²) in [5.41, 5.74) is 1.28. The van der Waals surface area contributed by atoms with Gasteiger partial charge in [0.15, 0.2) is 0 Å². The van der Waals surface area contributed by atoms with E-state index in [1.807, 2.05) is 0 Å². The smallest absolute Gasteiger partial charge is 0.311 e. The molecular weight excluding hydrogens is 423 g/mol. The number of benzene rings is 3. The highest BCUT2D eigenvalue weighted by Crippen LogP contribution is 2.23. The van der Waals surface area contributed by atoms with Gasteiger partial charge in [-0.15, -0.1) is 0 Å². The second-order valence-electron chi connectivity index (χ2n) is 6.70. The molecule has 0 bridgehead atoms. The molecule has 6 nitrogen and oxygen atoms in total. The molecule has 0 fully saturated rings. The molecule has 158 valence electrons. The normalized spacial score (nSPS) is 11.4. The van der Waals surface area contributed by atoms with Gasteiger partial charge < -0.3 is 15.7 Å². The average molecular weight is 441 g/mol. The Morgan fingerprint density at radius 2 is 1.55 bits per heavy atom. The third-order valence-corrected chi connectivity index (χ3v) is 4.76. The first-order valence-electron chi connectivity index (χ1n) is 9.27. The summed E-state index contributed by atoms with van der Waals surface area (Å²) >= 11 is 5.84. The number of carbonyl (C=O) groups is 3. The summed E-state index contributed by atoms with van der Waals surface area (Å²) in [6.45, 7) is 0. The Morgan fingerprint density at radius 1 is 0.903 bits per heavy atom. The van der Waals surface area contributed by atoms with Crippen LogP contribution in [0.3, 0.4) is 0 Å². The van der Waals surface area contributed by atoms with Crippen LogP contribution in [0.1, 0.15) is 28.3 Å². The quantitative estimate of drug-likeness (QED) is 0.485. The molecule has 0 aliphatic rings. The van der Waals surface area contributed by atoms with E-state index in [0.717, 1.165) is 12.1 Å². The van der Waals surface area contributed by atoms with Gasteiger partial charge in [-0.1, -0.05) is 35.9 Å². The van der Waals surface area contributed by atoms with Crippen LogP contribution in [0.2, 0.25) is 5.02 Å². The van der Waals surface area contributed by atoms with Gasteiger partial charge in [0.25, 0.3) is 5.91 Å². The summed E-state index contributed by atoms with van der Waals surface area (Å²) in [5, 5.41) is 15.3. The number of carbonyl (C=O) groups excluding carboxylic acids is 2. The zero-order valence-corrected chi connectivity index (χ0v) is 16.9. The molecule has 0 spiro atoms. The number of hydrogen-bond acceptors (Lipinski definition) is 3. The zero-order valence-electron chi connectivity index (χ0n) is 16.1. The molecular formula is C23H18ClFN2O4. The second-order valence-corrected chi connectivity index (χ2v) is 7.14. The van der Waals surface area contributed by atoms with E-state index in [-0.39, 0.29) is 17.7 Å². The van der Waals surface area contributed by atoms with Gasteiger partial charge in [-0.3, -0.25) is 14.4 Å². The molecule has 3 aromatic rings. The van der Waals surface area contributed by atoms with Gasteiger partial charge >= 0.3 is 5.97 Å². The van der Waals surface area contributed by atoms with Crippen molar-refractivity contribution in [2.24, 2.45) is 0 Å². The van der Waals surface area contributed by atoms with Gasteiger partial charge in [-0.05, 0) is 54.1 Å².